The molecule has 1 heterocycles. The minimum Gasteiger partial charge on any atom is -0.481 e. The second-order valence-corrected chi connectivity index (χ2v) is 8.36. The molecule has 0 aliphatic carbocycles. The van der Waals surface area contributed by atoms with E-state index in [1.807, 2.05) is 66.0 Å². The lowest BCUT2D eigenvalue weighted by atomic mass is 10.2. The highest BCUT2D eigenvalue weighted by Crippen LogP contribution is 2.36. The Morgan fingerprint density at radius 3 is 2.12 bits per heavy atom. The van der Waals surface area contributed by atoms with Crippen LogP contribution in [0.2, 0.25) is 5.02 Å². The van der Waals surface area contributed by atoms with E-state index in [1.54, 1.807) is 30.0 Å². The van der Waals surface area contributed by atoms with E-state index in [0.29, 0.717) is 35.6 Å². The zero-order chi connectivity index (χ0) is 31.1. The van der Waals surface area contributed by atoms with Gasteiger partial charge in [-0.05, 0) is 36.8 Å². The molecule has 3 rings (SSSR count). The lowest BCUT2D eigenvalue weighted by molar-refractivity contribution is -0.138. The van der Waals surface area contributed by atoms with Crippen molar-refractivity contribution in [2.45, 2.75) is 74.4 Å². The molecule has 0 saturated carbocycles. The molecule has 5 nitrogen and oxygen atoms in total. The molecule has 0 spiro atoms. The third kappa shape index (κ3) is 15.2. The van der Waals surface area contributed by atoms with E-state index in [0.717, 1.165) is 29.8 Å². The summed E-state index contributed by atoms with van der Waals surface area (Å²) in [7, 11) is 0. The van der Waals surface area contributed by atoms with E-state index in [1.165, 1.54) is 17.4 Å². The maximum atomic E-state index is 13.2. The van der Waals surface area contributed by atoms with Gasteiger partial charge in [-0.3, -0.25) is 4.79 Å². The van der Waals surface area contributed by atoms with Crippen LogP contribution >= 0.6 is 22.9 Å². The highest BCUT2D eigenvalue weighted by atomic mass is 35.5. The molecule has 0 aliphatic rings. The molecule has 0 bridgehead atoms. The zero-order valence-electron chi connectivity index (χ0n) is 24.8. The molecule has 226 valence electrons. The van der Waals surface area contributed by atoms with Gasteiger partial charge in [0.25, 0.3) is 0 Å². The Labute approximate surface area is 247 Å². The van der Waals surface area contributed by atoms with Crippen molar-refractivity contribution < 1.29 is 27.8 Å². The first-order valence-electron chi connectivity index (χ1n) is 13.6. The minimum absolute atomic E-state index is 0.222. The number of alkyl halides is 3. The van der Waals surface area contributed by atoms with Crippen LogP contribution in [0.25, 0.3) is 11.3 Å². The van der Waals surface area contributed by atoms with Gasteiger partial charge in [0.2, 0.25) is 0 Å². The number of aromatic nitrogens is 1. The Morgan fingerprint density at radius 1 is 1.00 bits per heavy atom. The molecule has 0 atom stereocenters. The lowest BCUT2D eigenvalue weighted by Gasteiger charge is -2.23. The second-order valence-electron chi connectivity index (χ2n) is 7.09. The van der Waals surface area contributed by atoms with Gasteiger partial charge in [-0.2, -0.15) is 13.2 Å². The predicted octanol–water partition coefficient (Wildman–Crippen LogP) is 10.6. The summed E-state index contributed by atoms with van der Waals surface area (Å²) in [6.07, 6.45) is -3.31. The van der Waals surface area contributed by atoms with Crippen molar-refractivity contribution >= 4 is 39.7 Å². The van der Waals surface area contributed by atoms with Gasteiger partial charge in [0.1, 0.15) is 0 Å². The second kappa shape index (κ2) is 23.1. The Balaban J connectivity index is 0. The predicted molar refractivity (Wildman–Crippen MR) is 164 cm³/mol. The van der Waals surface area contributed by atoms with Crippen molar-refractivity contribution in [1.82, 2.24) is 4.98 Å². The summed E-state index contributed by atoms with van der Waals surface area (Å²) >= 11 is 7.43. The summed E-state index contributed by atoms with van der Waals surface area (Å²) < 4.78 is 45.1. The van der Waals surface area contributed by atoms with Crippen LogP contribution in [0.15, 0.2) is 53.9 Å². The van der Waals surface area contributed by atoms with Gasteiger partial charge in [-0.25, -0.2) is 4.98 Å². The van der Waals surface area contributed by atoms with E-state index in [2.05, 4.69) is 4.98 Å². The third-order valence-electron chi connectivity index (χ3n) is 4.44. The Bertz CT molecular complexity index is 1060. The van der Waals surface area contributed by atoms with E-state index < -0.39 is 17.7 Å². The topological polar surface area (TPSA) is 62.7 Å². The number of rotatable bonds is 9. The number of thiazole rings is 1. The van der Waals surface area contributed by atoms with E-state index in [4.69, 9.17) is 21.4 Å². The monoisotopic (exact) mass is 604 g/mol. The number of ether oxygens (including phenoxy) is 1. The number of hydrogen-bond donors (Lipinski definition) is 1. The van der Waals surface area contributed by atoms with Crippen molar-refractivity contribution in [1.29, 1.82) is 0 Å². The SMILES string of the molecule is CC.CC.CC.CCC(=O)O.CCCOCCN(c1cccc(C(F)(F)F)c1)c1nc(-c2cccc(Cl)c2)cs1. The van der Waals surface area contributed by atoms with E-state index in [9.17, 15) is 18.0 Å². The normalized spacial score (nSPS) is 9.80. The van der Waals surface area contributed by atoms with Gasteiger partial charge in [-0.15, -0.1) is 11.3 Å². The number of aliphatic carboxylic acids is 1. The van der Waals surface area contributed by atoms with Gasteiger partial charge in [0, 0.05) is 41.2 Å². The van der Waals surface area contributed by atoms with Crippen LogP contribution in [0.3, 0.4) is 0 Å². The van der Waals surface area contributed by atoms with Crippen LogP contribution in [-0.2, 0) is 15.7 Å². The summed E-state index contributed by atoms with van der Waals surface area (Å²) in [4.78, 5) is 15.8. The van der Waals surface area contributed by atoms with Crippen molar-refractivity contribution in [2.24, 2.45) is 0 Å². The van der Waals surface area contributed by atoms with Crippen LogP contribution in [0.5, 0.6) is 0 Å². The fraction of sp³-hybridized carbons (Fsp3) is 0.467. The molecule has 0 amide bonds. The molecular formula is C30H44ClF3N2O3S. The van der Waals surface area contributed by atoms with Crippen molar-refractivity contribution in [3.63, 3.8) is 0 Å². The Hall–Kier alpha value is -2.62. The lowest BCUT2D eigenvalue weighted by Crippen LogP contribution is -2.23. The molecule has 1 N–H and O–H groups in total. The molecule has 0 aliphatic heterocycles. The number of halogens is 4. The Morgan fingerprint density at radius 2 is 1.60 bits per heavy atom. The van der Waals surface area contributed by atoms with Crippen molar-refractivity contribution in [3.05, 3.63) is 64.5 Å². The van der Waals surface area contributed by atoms with Crippen molar-refractivity contribution in [3.8, 4) is 11.3 Å². The van der Waals surface area contributed by atoms with E-state index >= 15 is 0 Å². The highest BCUT2D eigenvalue weighted by Gasteiger charge is 2.31. The average Bonchev–Trinajstić information content (AvgIpc) is 3.46. The zero-order valence-corrected chi connectivity index (χ0v) is 26.4. The number of nitrogens with zero attached hydrogens (tertiary/aromatic N) is 2. The number of carboxylic acids is 1. The fourth-order valence-corrected chi connectivity index (χ4v) is 3.83. The molecule has 2 aromatic carbocycles. The van der Waals surface area contributed by atoms with Crippen LogP contribution in [-0.4, -0.2) is 35.8 Å². The molecule has 40 heavy (non-hydrogen) atoms. The van der Waals surface area contributed by atoms with Gasteiger partial charge in [0.15, 0.2) is 5.13 Å². The summed E-state index contributed by atoms with van der Waals surface area (Å²) in [5, 5.41) is 10.8. The van der Waals surface area contributed by atoms with Crippen LogP contribution in [0.4, 0.5) is 24.0 Å². The largest absolute Gasteiger partial charge is 0.481 e. The summed E-state index contributed by atoms with van der Waals surface area (Å²) in [6.45, 7) is 17.0. The van der Waals surface area contributed by atoms with Gasteiger partial charge >= 0.3 is 12.1 Å². The number of hydrogen-bond acceptors (Lipinski definition) is 5. The van der Waals surface area contributed by atoms with Gasteiger partial charge < -0.3 is 14.7 Å². The smallest absolute Gasteiger partial charge is 0.416 e. The van der Waals surface area contributed by atoms with E-state index in [-0.39, 0.29) is 6.42 Å². The molecule has 3 aromatic rings. The first-order chi connectivity index (χ1) is 19.2. The van der Waals surface area contributed by atoms with Crippen LogP contribution in [0, 0.1) is 0 Å². The summed E-state index contributed by atoms with van der Waals surface area (Å²) in [5.41, 5.74) is 1.30. The Kier molecular flexibility index (Phi) is 22.8. The first-order valence-corrected chi connectivity index (χ1v) is 14.9. The molecule has 0 fully saturated rings. The number of benzene rings is 2. The molecule has 1 aromatic heterocycles. The molecule has 10 heteroatoms. The molecule has 0 unspecified atom stereocenters. The van der Waals surface area contributed by atoms with Gasteiger partial charge in [-0.1, -0.05) is 85.2 Å². The highest BCUT2D eigenvalue weighted by molar-refractivity contribution is 7.14. The molecule has 0 saturated heterocycles. The number of carboxylic acid groups (broad SMARTS) is 1. The third-order valence-corrected chi connectivity index (χ3v) is 5.54. The maximum Gasteiger partial charge on any atom is 0.416 e. The number of carbonyl (C=O) groups is 1. The van der Waals surface area contributed by atoms with Crippen LogP contribution < -0.4 is 4.90 Å². The molecule has 0 radical (unpaired) electrons. The van der Waals surface area contributed by atoms with Crippen LogP contribution in [0.1, 0.15) is 73.8 Å². The standard InChI is InChI=1S/C21H20ClF3N2OS.C3H6O2.3C2H6/c1-2-10-28-11-9-27(18-8-4-6-16(13-18)21(23,24)25)20-26-19(14-29-20)15-5-3-7-17(22)12-15;1-2-3(4)5;3*1-2/h3-8,12-14H,2,9-11H2,1H3;2H2,1H3,(H,4,5);3*1-2H3. The van der Waals surface area contributed by atoms with Gasteiger partial charge in [0.05, 0.1) is 17.9 Å². The first kappa shape index (κ1) is 39.5. The molecular weight excluding hydrogens is 561 g/mol. The summed E-state index contributed by atoms with van der Waals surface area (Å²) in [6, 6.07) is 12.6. The number of anilines is 2. The van der Waals surface area contributed by atoms with Crippen molar-refractivity contribution in [2.75, 3.05) is 24.7 Å². The maximum absolute atomic E-state index is 13.2. The summed E-state index contributed by atoms with van der Waals surface area (Å²) in [5.74, 6) is -0.745. The fourth-order valence-electron chi connectivity index (χ4n) is 2.76. The minimum atomic E-state index is -4.41. The average molecular weight is 605 g/mol. The quantitative estimate of drug-likeness (QED) is 0.246.